The minimum atomic E-state index is 0. The SMILES string of the molecule is CCOCCCCNC(=NC)NCC(=O)NC1CCCCC1.I. The summed E-state index contributed by atoms with van der Waals surface area (Å²) in [6.45, 7) is 4.68. The smallest absolute Gasteiger partial charge is 0.239 e. The zero-order valence-corrected chi connectivity index (χ0v) is 16.9. The molecule has 1 fully saturated rings. The molecule has 0 aromatic carbocycles. The summed E-state index contributed by atoms with van der Waals surface area (Å²) in [7, 11) is 1.72. The van der Waals surface area contributed by atoms with Crippen molar-refractivity contribution in [2.75, 3.05) is 33.4 Å². The van der Waals surface area contributed by atoms with E-state index in [0.29, 0.717) is 12.0 Å². The van der Waals surface area contributed by atoms with E-state index in [-0.39, 0.29) is 36.4 Å². The van der Waals surface area contributed by atoms with Crippen molar-refractivity contribution in [1.29, 1.82) is 0 Å². The molecule has 0 unspecified atom stereocenters. The molecule has 1 rings (SSSR count). The first kappa shape index (κ1) is 22.4. The van der Waals surface area contributed by atoms with Crippen LogP contribution in [0, 0.1) is 0 Å². The molecule has 0 aromatic heterocycles. The first-order chi connectivity index (χ1) is 10.8. The highest BCUT2D eigenvalue weighted by molar-refractivity contribution is 14.0. The second kappa shape index (κ2) is 15.0. The zero-order chi connectivity index (χ0) is 16.0. The highest BCUT2D eigenvalue weighted by Crippen LogP contribution is 2.16. The first-order valence-corrected chi connectivity index (χ1v) is 8.58. The lowest BCUT2D eigenvalue weighted by Crippen LogP contribution is -2.46. The second-order valence-electron chi connectivity index (χ2n) is 5.66. The van der Waals surface area contributed by atoms with Crippen molar-refractivity contribution in [3.8, 4) is 0 Å². The lowest BCUT2D eigenvalue weighted by molar-refractivity contribution is -0.120. The van der Waals surface area contributed by atoms with Crippen LogP contribution in [0.15, 0.2) is 4.99 Å². The molecular weight excluding hydrogens is 407 g/mol. The Balaban J connectivity index is 0.00000484. The summed E-state index contributed by atoms with van der Waals surface area (Å²) in [4.78, 5) is 16.0. The van der Waals surface area contributed by atoms with Gasteiger partial charge in [-0.1, -0.05) is 19.3 Å². The van der Waals surface area contributed by atoms with Crippen LogP contribution in [0.5, 0.6) is 0 Å². The Morgan fingerprint density at radius 2 is 1.91 bits per heavy atom. The second-order valence-corrected chi connectivity index (χ2v) is 5.66. The number of carbonyl (C=O) groups is 1. The summed E-state index contributed by atoms with van der Waals surface area (Å²) in [5, 5.41) is 9.35. The van der Waals surface area contributed by atoms with Gasteiger partial charge in [-0.2, -0.15) is 0 Å². The van der Waals surface area contributed by atoms with Gasteiger partial charge < -0.3 is 20.7 Å². The molecule has 0 atom stereocenters. The number of ether oxygens (including phenoxy) is 1. The summed E-state index contributed by atoms with van der Waals surface area (Å²) >= 11 is 0. The minimum absolute atomic E-state index is 0. The van der Waals surface area contributed by atoms with Crippen molar-refractivity contribution in [2.45, 2.75) is 57.9 Å². The molecule has 0 bridgehead atoms. The first-order valence-electron chi connectivity index (χ1n) is 8.58. The number of amides is 1. The van der Waals surface area contributed by atoms with E-state index in [1.165, 1.54) is 19.3 Å². The van der Waals surface area contributed by atoms with Gasteiger partial charge in [-0.3, -0.25) is 9.79 Å². The average Bonchev–Trinajstić information content (AvgIpc) is 2.54. The van der Waals surface area contributed by atoms with Crippen LogP contribution in [-0.2, 0) is 9.53 Å². The minimum Gasteiger partial charge on any atom is -0.382 e. The molecule has 1 saturated carbocycles. The Morgan fingerprint density at radius 1 is 1.17 bits per heavy atom. The number of guanidine groups is 1. The molecule has 1 aliphatic rings. The highest BCUT2D eigenvalue weighted by Gasteiger charge is 2.15. The van der Waals surface area contributed by atoms with Crippen molar-refractivity contribution < 1.29 is 9.53 Å². The van der Waals surface area contributed by atoms with Crippen molar-refractivity contribution in [3.05, 3.63) is 0 Å². The van der Waals surface area contributed by atoms with E-state index >= 15 is 0 Å². The van der Waals surface area contributed by atoms with E-state index in [1.54, 1.807) is 7.05 Å². The van der Waals surface area contributed by atoms with Crippen LogP contribution in [0.2, 0.25) is 0 Å². The van der Waals surface area contributed by atoms with Crippen molar-refractivity contribution in [3.63, 3.8) is 0 Å². The number of nitrogens with one attached hydrogen (secondary N) is 3. The fourth-order valence-electron chi connectivity index (χ4n) is 2.59. The fraction of sp³-hybridized carbons (Fsp3) is 0.875. The number of halogens is 1. The maximum atomic E-state index is 11.9. The van der Waals surface area contributed by atoms with Gasteiger partial charge in [-0.15, -0.1) is 24.0 Å². The van der Waals surface area contributed by atoms with Gasteiger partial charge in [0.2, 0.25) is 5.91 Å². The number of hydrogen-bond donors (Lipinski definition) is 3. The number of aliphatic imine (C=N–C) groups is 1. The monoisotopic (exact) mass is 440 g/mol. The molecule has 136 valence electrons. The van der Waals surface area contributed by atoms with Crippen molar-refractivity contribution >= 4 is 35.8 Å². The molecule has 0 heterocycles. The largest absolute Gasteiger partial charge is 0.382 e. The number of nitrogens with zero attached hydrogens (tertiary/aromatic N) is 1. The molecule has 23 heavy (non-hydrogen) atoms. The predicted molar refractivity (Wildman–Crippen MR) is 106 cm³/mol. The molecule has 0 radical (unpaired) electrons. The van der Waals surface area contributed by atoms with Crippen LogP contribution in [0.4, 0.5) is 0 Å². The molecule has 1 aliphatic carbocycles. The van der Waals surface area contributed by atoms with Crippen LogP contribution in [0.1, 0.15) is 51.9 Å². The van der Waals surface area contributed by atoms with E-state index < -0.39 is 0 Å². The quantitative estimate of drug-likeness (QED) is 0.222. The van der Waals surface area contributed by atoms with Gasteiger partial charge in [-0.05, 0) is 32.6 Å². The Bertz CT molecular complexity index is 334. The topological polar surface area (TPSA) is 74.8 Å². The maximum absolute atomic E-state index is 11.9. The summed E-state index contributed by atoms with van der Waals surface area (Å²) in [5.74, 6) is 0.724. The fourth-order valence-corrected chi connectivity index (χ4v) is 2.59. The Labute approximate surface area is 157 Å². The highest BCUT2D eigenvalue weighted by atomic mass is 127. The molecule has 0 saturated heterocycles. The van der Waals surface area contributed by atoms with Crippen LogP contribution >= 0.6 is 24.0 Å². The molecule has 6 nitrogen and oxygen atoms in total. The third kappa shape index (κ3) is 11.6. The van der Waals surface area contributed by atoms with Crippen LogP contribution in [0.25, 0.3) is 0 Å². The van der Waals surface area contributed by atoms with Crippen molar-refractivity contribution in [1.82, 2.24) is 16.0 Å². The lowest BCUT2D eigenvalue weighted by Gasteiger charge is -2.23. The molecule has 3 N–H and O–H groups in total. The Kier molecular flexibility index (Phi) is 14.6. The molecule has 1 amide bonds. The molecule has 0 spiro atoms. The molecule has 0 aromatic rings. The summed E-state index contributed by atoms with van der Waals surface area (Å²) in [6, 6.07) is 0.358. The molecule has 7 heteroatoms. The maximum Gasteiger partial charge on any atom is 0.239 e. The molecule has 0 aliphatic heterocycles. The number of unbranched alkanes of at least 4 members (excludes halogenated alkanes) is 1. The van der Waals surface area contributed by atoms with Gasteiger partial charge in [0.05, 0.1) is 6.54 Å². The van der Waals surface area contributed by atoms with E-state index in [0.717, 1.165) is 45.4 Å². The normalized spacial score (nSPS) is 15.7. The predicted octanol–water partition coefficient (Wildman–Crippen LogP) is 2.03. The Hall–Kier alpha value is -0.570. The van der Waals surface area contributed by atoms with Gasteiger partial charge in [-0.25, -0.2) is 0 Å². The zero-order valence-electron chi connectivity index (χ0n) is 14.5. The van der Waals surface area contributed by atoms with Gasteiger partial charge in [0.1, 0.15) is 0 Å². The van der Waals surface area contributed by atoms with Gasteiger partial charge in [0, 0.05) is 32.8 Å². The standard InChI is InChI=1S/C16H32N4O2.HI/c1-3-22-12-8-7-11-18-16(17-2)19-13-15(21)20-14-9-5-4-6-10-14;/h14H,3-13H2,1-2H3,(H,20,21)(H2,17,18,19);1H. The van der Waals surface area contributed by atoms with Gasteiger partial charge in [0.15, 0.2) is 5.96 Å². The summed E-state index contributed by atoms with van der Waals surface area (Å²) in [6.07, 6.45) is 8.02. The number of rotatable bonds is 9. The summed E-state index contributed by atoms with van der Waals surface area (Å²) in [5.41, 5.74) is 0. The third-order valence-electron chi connectivity index (χ3n) is 3.82. The van der Waals surface area contributed by atoms with Crippen molar-refractivity contribution in [2.24, 2.45) is 4.99 Å². The number of carbonyl (C=O) groups excluding carboxylic acids is 1. The average molecular weight is 440 g/mol. The van der Waals surface area contributed by atoms with E-state index in [4.69, 9.17) is 4.74 Å². The van der Waals surface area contributed by atoms with Crippen LogP contribution in [-0.4, -0.2) is 51.3 Å². The lowest BCUT2D eigenvalue weighted by atomic mass is 9.95. The number of hydrogen-bond acceptors (Lipinski definition) is 3. The van der Waals surface area contributed by atoms with Gasteiger partial charge in [0.25, 0.3) is 0 Å². The van der Waals surface area contributed by atoms with Gasteiger partial charge >= 0.3 is 0 Å². The van der Waals surface area contributed by atoms with Crippen LogP contribution in [0.3, 0.4) is 0 Å². The summed E-state index contributed by atoms with van der Waals surface area (Å²) < 4.78 is 5.29. The van der Waals surface area contributed by atoms with E-state index in [9.17, 15) is 4.79 Å². The van der Waals surface area contributed by atoms with E-state index in [2.05, 4.69) is 20.9 Å². The van der Waals surface area contributed by atoms with Crippen LogP contribution < -0.4 is 16.0 Å². The molecular formula is C16H33IN4O2. The Morgan fingerprint density at radius 3 is 2.57 bits per heavy atom. The van der Waals surface area contributed by atoms with E-state index in [1.807, 2.05) is 6.92 Å². The third-order valence-corrected chi connectivity index (χ3v) is 3.82.